The Bertz CT molecular complexity index is 507. The highest BCUT2D eigenvalue weighted by Crippen LogP contribution is 2.27. The smallest absolute Gasteiger partial charge is 0.161 e. The van der Waals surface area contributed by atoms with Gasteiger partial charge in [0.25, 0.3) is 0 Å². The molecule has 1 aromatic rings. The Labute approximate surface area is 107 Å². The molecule has 0 spiro atoms. The summed E-state index contributed by atoms with van der Waals surface area (Å²) in [5.41, 5.74) is 0.480. The summed E-state index contributed by atoms with van der Waals surface area (Å²) in [6.07, 6.45) is 1.86. The molecule has 0 saturated carbocycles. The van der Waals surface area contributed by atoms with E-state index in [1.807, 2.05) is 6.92 Å². The number of rotatable bonds is 7. The van der Waals surface area contributed by atoms with Crippen molar-refractivity contribution in [3.8, 4) is 11.5 Å². The lowest BCUT2D eigenvalue weighted by atomic mass is 10.2. The van der Waals surface area contributed by atoms with Gasteiger partial charge in [-0.15, -0.1) is 0 Å². The van der Waals surface area contributed by atoms with Gasteiger partial charge in [0.1, 0.15) is 12.9 Å². The summed E-state index contributed by atoms with van der Waals surface area (Å²) in [6.45, 7) is 2.30. The summed E-state index contributed by atoms with van der Waals surface area (Å²) in [4.78, 5) is 10.6. The Morgan fingerprint density at radius 2 is 1.94 bits per heavy atom. The third-order valence-electron chi connectivity index (χ3n) is 2.12. The standard InChI is InChI=1S/C12H16O5S/c1-3-16-12-8-10(9-13)4-5-11(12)17-6-7-18(2,14)15/h4-5,8-9H,3,6-7H2,1-2H3. The van der Waals surface area contributed by atoms with E-state index in [1.54, 1.807) is 18.2 Å². The summed E-state index contributed by atoms with van der Waals surface area (Å²) in [7, 11) is -3.05. The molecular weight excluding hydrogens is 256 g/mol. The minimum absolute atomic E-state index is 0.0549. The van der Waals surface area contributed by atoms with Crippen LogP contribution in [-0.4, -0.2) is 39.9 Å². The zero-order valence-corrected chi connectivity index (χ0v) is 11.2. The van der Waals surface area contributed by atoms with Crippen molar-refractivity contribution < 1.29 is 22.7 Å². The van der Waals surface area contributed by atoms with Crippen LogP contribution >= 0.6 is 0 Å². The van der Waals surface area contributed by atoms with Crippen LogP contribution in [0.25, 0.3) is 0 Å². The maximum Gasteiger partial charge on any atom is 0.161 e. The lowest BCUT2D eigenvalue weighted by Gasteiger charge is -2.11. The Morgan fingerprint density at radius 3 is 2.50 bits per heavy atom. The zero-order chi connectivity index (χ0) is 13.6. The van der Waals surface area contributed by atoms with E-state index in [1.165, 1.54) is 0 Å². The molecule has 6 heteroatoms. The molecule has 0 atom stereocenters. The number of hydrogen-bond acceptors (Lipinski definition) is 5. The van der Waals surface area contributed by atoms with Gasteiger partial charge in [0, 0.05) is 11.8 Å². The molecule has 0 aromatic heterocycles. The Morgan fingerprint density at radius 1 is 1.22 bits per heavy atom. The third-order valence-corrected chi connectivity index (χ3v) is 3.02. The lowest BCUT2D eigenvalue weighted by Crippen LogP contribution is -2.12. The normalized spacial score (nSPS) is 11.0. The van der Waals surface area contributed by atoms with Crippen molar-refractivity contribution >= 4 is 16.1 Å². The molecule has 0 unspecified atom stereocenters. The summed E-state index contributed by atoms with van der Waals surface area (Å²) in [6, 6.07) is 4.74. The average molecular weight is 272 g/mol. The van der Waals surface area contributed by atoms with Crippen molar-refractivity contribution in [1.29, 1.82) is 0 Å². The molecule has 5 nitrogen and oxygen atoms in total. The van der Waals surface area contributed by atoms with Crippen molar-refractivity contribution in [3.05, 3.63) is 23.8 Å². The second kappa shape index (κ2) is 6.39. The molecule has 0 aliphatic heterocycles. The summed E-state index contributed by atoms with van der Waals surface area (Å²) < 4.78 is 32.6. The number of benzene rings is 1. The lowest BCUT2D eigenvalue weighted by molar-refractivity contribution is 0.112. The number of carbonyl (C=O) groups excluding carboxylic acids is 1. The highest BCUT2D eigenvalue weighted by atomic mass is 32.2. The molecule has 0 amide bonds. The second-order valence-corrected chi connectivity index (χ2v) is 6.00. The average Bonchev–Trinajstić information content (AvgIpc) is 2.29. The van der Waals surface area contributed by atoms with Crippen LogP contribution in [0.3, 0.4) is 0 Å². The van der Waals surface area contributed by atoms with E-state index in [4.69, 9.17) is 9.47 Å². The molecule has 0 aliphatic carbocycles. The van der Waals surface area contributed by atoms with Gasteiger partial charge in [-0.1, -0.05) is 0 Å². The molecule has 1 rings (SSSR count). The first-order valence-corrected chi connectivity index (χ1v) is 7.55. The highest BCUT2D eigenvalue weighted by molar-refractivity contribution is 7.90. The minimum atomic E-state index is -3.05. The van der Waals surface area contributed by atoms with Crippen LogP contribution in [0, 0.1) is 0 Å². The van der Waals surface area contributed by atoms with E-state index in [-0.39, 0.29) is 12.4 Å². The number of hydrogen-bond donors (Lipinski definition) is 0. The molecule has 100 valence electrons. The van der Waals surface area contributed by atoms with E-state index < -0.39 is 9.84 Å². The fraction of sp³-hybridized carbons (Fsp3) is 0.417. The minimum Gasteiger partial charge on any atom is -0.490 e. The van der Waals surface area contributed by atoms with Crippen molar-refractivity contribution in [1.82, 2.24) is 0 Å². The zero-order valence-electron chi connectivity index (χ0n) is 10.4. The molecule has 0 saturated heterocycles. The predicted molar refractivity (Wildman–Crippen MR) is 68.2 cm³/mol. The van der Waals surface area contributed by atoms with Crippen LogP contribution in [0.1, 0.15) is 17.3 Å². The van der Waals surface area contributed by atoms with Crippen LogP contribution < -0.4 is 9.47 Å². The van der Waals surface area contributed by atoms with Gasteiger partial charge in [0.15, 0.2) is 21.3 Å². The molecule has 0 heterocycles. The van der Waals surface area contributed by atoms with Gasteiger partial charge >= 0.3 is 0 Å². The topological polar surface area (TPSA) is 69.7 Å². The van der Waals surface area contributed by atoms with Crippen molar-refractivity contribution in [3.63, 3.8) is 0 Å². The highest BCUT2D eigenvalue weighted by Gasteiger charge is 2.08. The van der Waals surface area contributed by atoms with Crippen LogP contribution in [0.15, 0.2) is 18.2 Å². The van der Waals surface area contributed by atoms with E-state index in [2.05, 4.69) is 0 Å². The molecule has 0 aliphatic rings. The molecular formula is C12H16O5S. The maximum atomic E-state index is 11.0. The van der Waals surface area contributed by atoms with E-state index in [0.29, 0.717) is 30.0 Å². The first-order chi connectivity index (χ1) is 8.46. The second-order valence-electron chi connectivity index (χ2n) is 3.74. The van der Waals surface area contributed by atoms with Crippen molar-refractivity contribution in [2.24, 2.45) is 0 Å². The third kappa shape index (κ3) is 4.75. The van der Waals surface area contributed by atoms with Crippen molar-refractivity contribution in [2.45, 2.75) is 6.92 Å². The van der Waals surface area contributed by atoms with E-state index in [9.17, 15) is 13.2 Å². The number of sulfone groups is 1. The fourth-order valence-electron chi connectivity index (χ4n) is 1.29. The van der Waals surface area contributed by atoms with Gasteiger partial charge in [-0.3, -0.25) is 4.79 Å². The monoisotopic (exact) mass is 272 g/mol. The fourth-order valence-corrected chi connectivity index (χ4v) is 1.67. The quantitative estimate of drug-likeness (QED) is 0.700. The van der Waals surface area contributed by atoms with Crippen LogP contribution in [0.5, 0.6) is 11.5 Å². The van der Waals surface area contributed by atoms with Gasteiger partial charge < -0.3 is 9.47 Å². The van der Waals surface area contributed by atoms with Crippen molar-refractivity contribution in [2.75, 3.05) is 25.2 Å². The number of ether oxygens (including phenoxy) is 2. The Hall–Kier alpha value is -1.56. The van der Waals surface area contributed by atoms with Crippen LogP contribution in [0.2, 0.25) is 0 Å². The molecule has 18 heavy (non-hydrogen) atoms. The number of aldehydes is 1. The Kier molecular flexibility index (Phi) is 5.15. The molecule has 0 bridgehead atoms. The largest absolute Gasteiger partial charge is 0.490 e. The van der Waals surface area contributed by atoms with Crippen LogP contribution in [-0.2, 0) is 9.84 Å². The van der Waals surface area contributed by atoms with E-state index >= 15 is 0 Å². The predicted octanol–water partition coefficient (Wildman–Crippen LogP) is 1.32. The van der Waals surface area contributed by atoms with E-state index in [0.717, 1.165) is 6.26 Å². The summed E-state index contributed by atoms with van der Waals surface area (Å²) in [5.74, 6) is 0.815. The first-order valence-electron chi connectivity index (χ1n) is 5.49. The van der Waals surface area contributed by atoms with Gasteiger partial charge in [-0.2, -0.15) is 0 Å². The molecule has 0 fully saturated rings. The maximum absolute atomic E-state index is 11.0. The summed E-state index contributed by atoms with van der Waals surface area (Å²) >= 11 is 0. The molecule has 1 aromatic carbocycles. The van der Waals surface area contributed by atoms with Gasteiger partial charge in [0.2, 0.25) is 0 Å². The van der Waals surface area contributed by atoms with Gasteiger partial charge in [0.05, 0.1) is 12.4 Å². The SMILES string of the molecule is CCOc1cc(C=O)ccc1OCCS(C)(=O)=O. The van der Waals surface area contributed by atoms with Gasteiger partial charge in [-0.25, -0.2) is 8.42 Å². The molecule has 0 N–H and O–H groups in total. The molecule has 0 radical (unpaired) electrons. The number of carbonyl (C=O) groups is 1. The van der Waals surface area contributed by atoms with Gasteiger partial charge in [-0.05, 0) is 25.1 Å². The Balaban J connectivity index is 2.77. The summed E-state index contributed by atoms with van der Waals surface area (Å²) in [5, 5.41) is 0. The van der Waals surface area contributed by atoms with Crippen LogP contribution in [0.4, 0.5) is 0 Å². The first kappa shape index (κ1) is 14.5.